The maximum atomic E-state index is 2.53. The smallest absolute Gasteiger partial charge is 0.0450 e. The van der Waals surface area contributed by atoms with Crippen LogP contribution in [0.5, 0.6) is 0 Å². The average Bonchev–Trinajstić information content (AvgIpc) is 2.98. The van der Waals surface area contributed by atoms with E-state index in [4.69, 9.17) is 0 Å². The molecular formula is C23H21N. The molecule has 5 rings (SSSR count). The number of para-hydroxylation sites is 1. The molecule has 1 aliphatic carbocycles. The van der Waals surface area contributed by atoms with E-state index in [0.29, 0.717) is 0 Å². The van der Waals surface area contributed by atoms with Gasteiger partial charge in [0, 0.05) is 24.3 Å². The number of hydrogen-bond acceptors (Lipinski definition) is 1. The molecule has 1 heteroatoms. The lowest BCUT2D eigenvalue weighted by Crippen LogP contribution is -2.24. The monoisotopic (exact) mass is 311 g/mol. The van der Waals surface area contributed by atoms with Crippen LogP contribution in [0.3, 0.4) is 0 Å². The first-order chi connectivity index (χ1) is 11.8. The molecule has 0 saturated heterocycles. The highest BCUT2D eigenvalue weighted by Crippen LogP contribution is 2.45. The van der Waals surface area contributed by atoms with Crippen LogP contribution in [0, 0.1) is 0 Å². The first-order valence-electron chi connectivity index (χ1n) is 8.94. The van der Waals surface area contributed by atoms with Gasteiger partial charge in [0.1, 0.15) is 0 Å². The molecule has 0 aromatic heterocycles. The highest BCUT2D eigenvalue weighted by Gasteiger charge is 2.26. The van der Waals surface area contributed by atoms with Crippen LogP contribution in [-0.2, 0) is 12.8 Å². The molecule has 0 unspecified atom stereocenters. The van der Waals surface area contributed by atoms with Crippen molar-refractivity contribution in [3.63, 3.8) is 0 Å². The lowest BCUT2D eigenvalue weighted by molar-refractivity contribution is 0.861. The van der Waals surface area contributed by atoms with Crippen LogP contribution in [-0.4, -0.2) is 6.54 Å². The largest absolute Gasteiger partial charge is 0.341 e. The van der Waals surface area contributed by atoms with E-state index >= 15 is 0 Å². The van der Waals surface area contributed by atoms with Crippen molar-refractivity contribution in [2.45, 2.75) is 26.2 Å². The van der Waals surface area contributed by atoms with Gasteiger partial charge in [0.2, 0.25) is 0 Å². The molecule has 0 amide bonds. The van der Waals surface area contributed by atoms with Gasteiger partial charge in [-0.1, -0.05) is 49.4 Å². The molecule has 1 nitrogen and oxygen atoms in total. The quantitative estimate of drug-likeness (QED) is 0.458. The summed E-state index contributed by atoms with van der Waals surface area (Å²) in [5, 5.41) is 0. The van der Waals surface area contributed by atoms with E-state index in [1.54, 1.807) is 0 Å². The number of nitrogens with zero attached hydrogens (tertiary/aromatic N) is 1. The van der Waals surface area contributed by atoms with E-state index in [0.717, 1.165) is 25.8 Å². The molecule has 1 aliphatic heterocycles. The van der Waals surface area contributed by atoms with E-state index in [2.05, 4.69) is 72.5 Å². The summed E-state index contributed by atoms with van der Waals surface area (Å²) >= 11 is 0. The van der Waals surface area contributed by atoms with E-state index in [1.165, 1.54) is 44.8 Å². The maximum Gasteiger partial charge on any atom is 0.0450 e. The molecule has 0 N–H and O–H groups in total. The molecule has 0 atom stereocenters. The zero-order valence-corrected chi connectivity index (χ0v) is 14.0. The lowest BCUT2D eigenvalue weighted by atomic mass is 9.91. The van der Waals surface area contributed by atoms with Gasteiger partial charge in [0.05, 0.1) is 0 Å². The molecule has 2 aliphatic rings. The molecule has 3 aromatic rings. The normalized spacial score (nSPS) is 14.0. The lowest BCUT2D eigenvalue weighted by Gasteiger charge is -2.34. The summed E-state index contributed by atoms with van der Waals surface area (Å²) in [7, 11) is 0. The van der Waals surface area contributed by atoms with E-state index in [1.807, 2.05) is 0 Å². The van der Waals surface area contributed by atoms with Gasteiger partial charge in [-0.3, -0.25) is 0 Å². The Bertz CT molecular complexity index is 939. The van der Waals surface area contributed by atoms with Crippen molar-refractivity contribution in [1.82, 2.24) is 0 Å². The molecule has 0 spiro atoms. The second-order valence-corrected chi connectivity index (χ2v) is 6.93. The van der Waals surface area contributed by atoms with Gasteiger partial charge in [-0.15, -0.1) is 0 Å². The summed E-state index contributed by atoms with van der Waals surface area (Å²) in [6.45, 7) is 3.34. The molecule has 3 aromatic carbocycles. The first kappa shape index (κ1) is 13.9. The Morgan fingerprint density at radius 2 is 1.46 bits per heavy atom. The van der Waals surface area contributed by atoms with Gasteiger partial charge >= 0.3 is 0 Å². The fourth-order valence-corrected chi connectivity index (χ4v) is 4.33. The van der Waals surface area contributed by atoms with E-state index in [9.17, 15) is 0 Å². The van der Waals surface area contributed by atoms with Crippen LogP contribution in [0.1, 0.15) is 35.6 Å². The third-order valence-electron chi connectivity index (χ3n) is 5.39. The minimum absolute atomic E-state index is 1.04. The fraction of sp³-hybridized carbons (Fsp3) is 0.217. The van der Waals surface area contributed by atoms with Gasteiger partial charge in [-0.05, 0) is 64.4 Å². The summed E-state index contributed by atoms with van der Waals surface area (Å²) in [6.07, 6.45) is 3.27. The number of fused-ring (bicyclic) bond motifs is 5. The van der Waals surface area contributed by atoms with Crippen LogP contribution >= 0.6 is 0 Å². The summed E-state index contributed by atoms with van der Waals surface area (Å²) in [6, 6.07) is 22.6. The van der Waals surface area contributed by atoms with Crippen molar-refractivity contribution in [3.05, 3.63) is 82.9 Å². The van der Waals surface area contributed by atoms with Crippen molar-refractivity contribution < 1.29 is 0 Å². The summed E-state index contributed by atoms with van der Waals surface area (Å²) < 4.78 is 0. The summed E-state index contributed by atoms with van der Waals surface area (Å²) in [5.41, 5.74) is 11.5. The summed E-state index contributed by atoms with van der Waals surface area (Å²) in [4.78, 5) is 2.53. The van der Waals surface area contributed by atoms with E-state index < -0.39 is 0 Å². The topological polar surface area (TPSA) is 3.24 Å². The van der Waals surface area contributed by atoms with Gasteiger partial charge < -0.3 is 4.90 Å². The Balaban J connectivity index is 1.69. The predicted molar refractivity (Wildman–Crippen MR) is 101 cm³/mol. The Morgan fingerprint density at radius 1 is 0.708 bits per heavy atom. The molecule has 0 fully saturated rings. The standard InChI is InChI=1S/C23H21N/c1-2-11-24-22-10-6-4-8-17(22)13-19-14-21-18(15-23(19)24)12-16-7-3-5-9-20(16)21/h3-10,14-15H,2,11-13H2,1H3. The van der Waals surface area contributed by atoms with Crippen molar-refractivity contribution in [2.75, 3.05) is 11.4 Å². The molecule has 1 heterocycles. The number of benzene rings is 3. The third-order valence-corrected chi connectivity index (χ3v) is 5.39. The molecule has 0 bridgehead atoms. The number of anilines is 2. The van der Waals surface area contributed by atoms with Crippen LogP contribution < -0.4 is 4.90 Å². The van der Waals surface area contributed by atoms with Gasteiger partial charge in [-0.25, -0.2) is 0 Å². The number of rotatable bonds is 2. The maximum absolute atomic E-state index is 2.53. The van der Waals surface area contributed by atoms with Gasteiger partial charge in [0.15, 0.2) is 0 Å². The third kappa shape index (κ3) is 1.94. The van der Waals surface area contributed by atoms with E-state index in [-0.39, 0.29) is 0 Å². The van der Waals surface area contributed by atoms with Gasteiger partial charge in [-0.2, -0.15) is 0 Å². The predicted octanol–water partition coefficient (Wildman–Crippen LogP) is 5.71. The fourth-order valence-electron chi connectivity index (χ4n) is 4.33. The number of hydrogen-bond donors (Lipinski definition) is 0. The van der Waals surface area contributed by atoms with Crippen molar-refractivity contribution >= 4 is 11.4 Å². The highest BCUT2D eigenvalue weighted by molar-refractivity contribution is 5.83. The van der Waals surface area contributed by atoms with Crippen LogP contribution in [0.2, 0.25) is 0 Å². The molecule has 0 saturated carbocycles. The first-order valence-corrected chi connectivity index (χ1v) is 8.94. The van der Waals surface area contributed by atoms with Crippen LogP contribution in [0.15, 0.2) is 60.7 Å². The highest BCUT2D eigenvalue weighted by atomic mass is 15.1. The van der Waals surface area contributed by atoms with Gasteiger partial charge in [0.25, 0.3) is 0 Å². The summed E-state index contributed by atoms with van der Waals surface area (Å²) in [5.74, 6) is 0. The molecule has 118 valence electrons. The minimum atomic E-state index is 1.04. The molecule has 24 heavy (non-hydrogen) atoms. The Labute approximate surface area is 143 Å². The minimum Gasteiger partial charge on any atom is -0.341 e. The second kappa shape index (κ2) is 5.24. The Morgan fingerprint density at radius 3 is 2.33 bits per heavy atom. The second-order valence-electron chi connectivity index (χ2n) is 6.93. The Kier molecular flexibility index (Phi) is 3.02. The molecular weight excluding hydrogens is 290 g/mol. The molecule has 0 radical (unpaired) electrons. The van der Waals surface area contributed by atoms with Crippen molar-refractivity contribution in [2.24, 2.45) is 0 Å². The van der Waals surface area contributed by atoms with Crippen molar-refractivity contribution in [3.8, 4) is 11.1 Å². The van der Waals surface area contributed by atoms with Crippen LogP contribution in [0.25, 0.3) is 11.1 Å². The Hall–Kier alpha value is -2.54. The SMILES string of the molecule is CCCN1c2ccccc2Cc2cc3c(cc21)Cc1ccccc1-3. The zero-order chi connectivity index (χ0) is 16.1. The van der Waals surface area contributed by atoms with Crippen molar-refractivity contribution in [1.29, 1.82) is 0 Å². The zero-order valence-electron chi connectivity index (χ0n) is 14.0. The average molecular weight is 311 g/mol. The van der Waals surface area contributed by atoms with Crippen LogP contribution in [0.4, 0.5) is 11.4 Å².